The first-order valence-corrected chi connectivity index (χ1v) is 10.6. The van der Waals surface area contributed by atoms with E-state index < -0.39 is 46.1 Å². The number of ether oxygens (including phenoxy) is 2. The summed E-state index contributed by atoms with van der Waals surface area (Å²) in [6.45, 7) is 7.44. The van der Waals surface area contributed by atoms with Gasteiger partial charge in [0.15, 0.2) is 5.78 Å². The third-order valence-corrected chi connectivity index (χ3v) is 9.25. The largest absolute Gasteiger partial charge is 0.465 e. The molecule has 7 heteroatoms. The summed E-state index contributed by atoms with van der Waals surface area (Å²) >= 11 is 0. The van der Waals surface area contributed by atoms with Crippen LogP contribution in [0.25, 0.3) is 0 Å². The maximum absolute atomic E-state index is 13.4. The van der Waals surface area contributed by atoms with E-state index in [0.717, 1.165) is 6.42 Å². The van der Waals surface area contributed by atoms with Crippen LogP contribution in [0.15, 0.2) is 12.2 Å². The van der Waals surface area contributed by atoms with Crippen LogP contribution in [-0.2, 0) is 19.1 Å². The number of Topliss-reactive ketones (excluding diaryl/α,β-unsaturated/α-hetero) is 1. The molecule has 29 heavy (non-hydrogen) atoms. The van der Waals surface area contributed by atoms with Crippen molar-refractivity contribution >= 4 is 11.8 Å². The van der Waals surface area contributed by atoms with E-state index in [9.17, 15) is 24.9 Å². The average Bonchev–Trinajstić information content (AvgIpc) is 2.87. The Morgan fingerprint density at radius 3 is 2.72 bits per heavy atom. The number of carbonyl (C=O) groups is 2. The van der Waals surface area contributed by atoms with Gasteiger partial charge in [-0.05, 0) is 49.5 Å². The Bertz CT molecular complexity index is 809. The minimum Gasteiger partial charge on any atom is -0.465 e. The van der Waals surface area contributed by atoms with Crippen molar-refractivity contribution in [3.63, 3.8) is 0 Å². The number of hydrogen-bond donors (Lipinski definition) is 3. The Kier molecular flexibility index (Phi) is 3.86. The van der Waals surface area contributed by atoms with Gasteiger partial charge in [-0.1, -0.05) is 13.5 Å². The highest BCUT2D eigenvalue weighted by Gasteiger charge is 2.84. The lowest BCUT2D eigenvalue weighted by Gasteiger charge is -2.74. The highest BCUT2D eigenvalue weighted by Crippen LogP contribution is 2.76. The molecule has 3 N–H and O–H groups in total. The van der Waals surface area contributed by atoms with Crippen molar-refractivity contribution in [2.24, 2.45) is 34.0 Å². The number of carbonyl (C=O) groups excluding carboxylic acids is 2. The van der Waals surface area contributed by atoms with E-state index in [0.29, 0.717) is 31.3 Å². The number of allylic oxidation sites excluding steroid dienone is 1. The van der Waals surface area contributed by atoms with Crippen molar-refractivity contribution in [1.29, 1.82) is 0 Å². The Labute approximate surface area is 170 Å². The second-order valence-corrected chi connectivity index (χ2v) is 10.4. The van der Waals surface area contributed by atoms with E-state index in [-0.39, 0.29) is 30.8 Å². The van der Waals surface area contributed by atoms with E-state index >= 15 is 0 Å². The van der Waals surface area contributed by atoms with Crippen LogP contribution in [-0.4, -0.2) is 58.3 Å². The first-order valence-electron chi connectivity index (χ1n) is 10.6. The second kappa shape index (κ2) is 5.69. The van der Waals surface area contributed by atoms with Crippen LogP contribution >= 0.6 is 0 Å². The Hall–Kier alpha value is -1.28. The van der Waals surface area contributed by atoms with Crippen LogP contribution in [0.4, 0.5) is 0 Å². The highest BCUT2D eigenvalue weighted by molar-refractivity contribution is 6.04. The van der Waals surface area contributed by atoms with Gasteiger partial charge in [0.2, 0.25) is 5.79 Å². The molecule has 6 fully saturated rings. The molecule has 160 valence electrons. The zero-order valence-corrected chi connectivity index (χ0v) is 17.0. The van der Waals surface area contributed by atoms with Crippen molar-refractivity contribution in [2.75, 3.05) is 13.2 Å². The van der Waals surface area contributed by atoms with Gasteiger partial charge in [0.05, 0.1) is 24.7 Å². The number of rotatable bonds is 2. The third kappa shape index (κ3) is 1.98. The number of aliphatic hydroxyl groups excluding tert-OH is 2. The lowest BCUT2D eigenvalue weighted by atomic mass is 9.36. The predicted molar refractivity (Wildman–Crippen MR) is 100 cm³/mol. The summed E-state index contributed by atoms with van der Waals surface area (Å²) < 4.78 is 11.3. The summed E-state index contributed by atoms with van der Waals surface area (Å²) in [5, 5.41) is 34.6. The lowest BCUT2D eigenvalue weighted by Crippen LogP contribution is -2.84. The molecule has 1 unspecified atom stereocenters. The maximum atomic E-state index is 13.4. The zero-order chi connectivity index (χ0) is 21.0. The maximum Gasteiger partial charge on any atom is 0.302 e. The topological polar surface area (TPSA) is 113 Å². The summed E-state index contributed by atoms with van der Waals surface area (Å²) in [7, 11) is 0. The first kappa shape index (κ1) is 19.7. The standard InChI is InChI=1S/C22H30O7/c1-11-13-4-5-14-20-10-29-22(27,21(14,8-13)17(11)25)18(26)16(20)19(3,7-6-15(20)24)9-28-12(2)23/h13-16,18,24,26-27H,1,4-10H2,2-3H3/t13-,14-,15+,16+,18?,19-,20+,21-,22-/m0/s1. The van der Waals surface area contributed by atoms with Crippen LogP contribution in [0.3, 0.4) is 0 Å². The Balaban J connectivity index is 1.69. The average molecular weight is 406 g/mol. The molecule has 9 atom stereocenters. The Morgan fingerprint density at radius 1 is 1.31 bits per heavy atom. The fourth-order valence-corrected chi connectivity index (χ4v) is 8.08. The van der Waals surface area contributed by atoms with Crippen LogP contribution in [0.5, 0.6) is 0 Å². The van der Waals surface area contributed by atoms with Crippen molar-refractivity contribution in [2.45, 2.75) is 63.9 Å². The molecule has 7 nitrogen and oxygen atoms in total. The van der Waals surface area contributed by atoms with Gasteiger partial charge >= 0.3 is 5.97 Å². The van der Waals surface area contributed by atoms with E-state index in [1.807, 2.05) is 6.92 Å². The molecule has 4 aliphatic carbocycles. The minimum absolute atomic E-state index is 0.0130. The molecule has 0 aromatic rings. The number of hydrogen-bond acceptors (Lipinski definition) is 7. The quantitative estimate of drug-likeness (QED) is 0.462. The number of aliphatic hydroxyl groups is 3. The third-order valence-electron chi connectivity index (χ3n) is 9.25. The van der Waals surface area contributed by atoms with Gasteiger partial charge < -0.3 is 24.8 Å². The molecular formula is C22H30O7. The highest BCUT2D eigenvalue weighted by atomic mass is 16.6. The molecule has 2 spiro atoms. The minimum atomic E-state index is -2.02. The summed E-state index contributed by atoms with van der Waals surface area (Å²) in [4.78, 5) is 24.9. The van der Waals surface area contributed by atoms with Crippen LogP contribution < -0.4 is 0 Å². The molecule has 6 aliphatic rings. The van der Waals surface area contributed by atoms with Crippen molar-refractivity contribution in [3.05, 3.63) is 12.2 Å². The van der Waals surface area contributed by atoms with Crippen LogP contribution in [0, 0.1) is 34.0 Å². The van der Waals surface area contributed by atoms with Gasteiger partial charge in [-0.15, -0.1) is 0 Å². The fraction of sp³-hybridized carbons (Fsp3) is 0.818. The zero-order valence-electron chi connectivity index (χ0n) is 17.0. The van der Waals surface area contributed by atoms with Gasteiger partial charge in [0.1, 0.15) is 6.10 Å². The molecule has 0 aromatic carbocycles. The van der Waals surface area contributed by atoms with E-state index in [1.165, 1.54) is 6.92 Å². The van der Waals surface area contributed by atoms with Crippen molar-refractivity contribution in [1.82, 2.24) is 0 Å². The first-order chi connectivity index (χ1) is 13.5. The van der Waals surface area contributed by atoms with Gasteiger partial charge in [0, 0.05) is 23.7 Å². The van der Waals surface area contributed by atoms with Crippen molar-refractivity contribution < 1.29 is 34.4 Å². The number of esters is 1. The summed E-state index contributed by atoms with van der Waals surface area (Å²) in [6.07, 6.45) is 0.743. The van der Waals surface area contributed by atoms with E-state index in [4.69, 9.17) is 9.47 Å². The summed E-state index contributed by atoms with van der Waals surface area (Å²) in [6, 6.07) is 0. The van der Waals surface area contributed by atoms with Gasteiger partial charge in [-0.3, -0.25) is 9.59 Å². The SMILES string of the molecule is C=C1C(=O)[C@]23C[C@@H]1CC[C@H]2[C@@]12CO[C@@]3(O)C(O)[C@@H]1[C@](C)(COC(C)=O)CC[C@H]2O. The Morgan fingerprint density at radius 2 is 2.03 bits per heavy atom. The molecule has 2 aliphatic heterocycles. The summed E-state index contributed by atoms with van der Waals surface area (Å²) in [5.41, 5.74) is -2.27. The smallest absolute Gasteiger partial charge is 0.302 e. The van der Waals surface area contributed by atoms with E-state index in [1.54, 1.807) is 0 Å². The predicted octanol–water partition coefficient (Wildman–Crippen LogP) is 0.948. The van der Waals surface area contributed by atoms with Crippen LogP contribution in [0.1, 0.15) is 46.0 Å². The molecule has 0 aromatic heterocycles. The number of ketones is 1. The van der Waals surface area contributed by atoms with Gasteiger partial charge in [-0.2, -0.15) is 0 Å². The molecule has 6 rings (SSSR count). The molecule has 0 radical (unpaired) electrons. The second-order valence-electron chi connectivity index (χ2n) is 10.4. The number of fused-ring (bicyclic) bond motifs is 2. The lowest BCUT2D eigenvalue weighted by molar-refractivity contribution is -0.450. The van der Waals surface area contributed by atoms with Crippen molar-refractivity contribution in [3.8, 4) is 0 Å². The molecule has 4 bridgehead atoms. The molecule has 4 saturated carbocycles. The molecule has 0 amide bonds. The molecular weight excluding hydrogens is 376 g/mol. The molecule has 2 heterocycles. The van der Waals surface area contributed by atoms with Gasteiger partial charge in [0.25, 0.3) is 0 Å². The summed E-state index contributed by atoms with van der Waals surface area (Å²) in [5.74, 6) is -3.52. The normalized spacial score (nSPS) is 55.4. The monoisotopic (exact) mass is 406 g/mol. The van der Waals surface area contributed by atoms with Gasteiger partial charge in [-0.25, -0.2) is 0 Å². The fourth-order valence-electron chi connectivity index (χ4n) is 8.08. The molecule has 2 saturated heterocycles. The van der Waals surface area contributed by atoms with E-state index in [2.05, 4.69) is 6.58 Å². The van der Waals surface area contributed by atoms with Crippen LogP contribution in [0.2, 0.25) is 0 Å².